The fourth-order valence-electron chi connectivity index (χ4n) is 5.18. The van der Waals surface area contributed by atoms with Crippen LogP contribution in [0.1, 0.15) is 43.7 Å². The van der Waals surface area contributed by atoms with E-state index in [1.54, 1.807) is 6.20 Å². The molecule has 9 heteroatoms. The first-order valence-corrected chi connectivity index (χ1v) is 14.7. The van der Waals surface area contributed by atoms with Gasteiger partial charge in [-0.25, -0.2) is 14.8 Å². The Bertz CT molecular complexity index is 1970. The van der Waals surface area contributed by atoms with E-state index >= 15 is 0 Å². The second kappa shape index (κ2) is 10.6. The van der Waals surface area contributed by atoms with E-state index < -0.39 is 17.7 Å². The number of nitrogens with zero attached hydrogens (tertiary/aromatic N) is 3. The fourth-order valence-corrected chi connectivity index (χ4v) is 6.42. The molecule has 6 rings (SSSR count). The number of aromatic amines is 1. The van der Waals surface area contributed by atoms with Crippen molar-refractivity contribution in [2.24, 2.45) is 0 Å². The number of benzene rings is 2. The van der Waals surface area contributed by atoms with Crippen LogP contribution in [0.15, 0.2) is 67.0 Å². The number of aromatic nitrogens is 4. The summed E-state index contributed by atoms with van der Waals surface area (Å²) in [6.45, 7) is 9.48. The van der Waals surface area contributed by atoms with Gasteiger partial charge in [-0.2, -0.15) is 0 Å². The van der Waals surface area contributed by atoms with Gasteiger partial charge in [0.25, 0.3) is 0 Å². The molecular weight excluding hydrogens is 568 g/mol. The quantitative estimate of drug-likeness (QED) is 0.199. The van der Waals surface area contributed by atoms with Crippen molar-refractivity contribution in [3.63, 3.8) is 0 Å². The Morgan fingerprint density at radius 2 is 1.76 bits per heavy atom. The highest BCUT2D eigenvalue weighted by Crippen LogP contribution is 2.44. The topological polar surface area (TPSA) is 101 Å². The summed E-state index contributed by atoms with van der Waals surface area (Å²) in [6.07, 6.45) is 2.42. The Morgan fingerprint density at radius 3 is 2.48 bits per heavy atom. The average molecular weight is 597 g/mol. The average Bonchev–Trinajstić information content (AvgIpc) is 3.53. The summed E-state index contributed by atoms with van der Waals surface area (Å²) in [4.78, 5) is 30.1. The summed E-state index contributed by atoms with van der Waals surface area (Å²) in [7, 11) is 0. The Kier molecular flexibility index (Phi) is 7.09. The first-order chi connectivity index (χ1) is 20.0. The zero-order valence-corrected chi connectivity index (χ0v) is 25.4. The van der Waals surface area contributed by atoms with Gasteiger partial charge >= 0.3 is 5.97 Å². The summed E-state index contributed by atoms with van der Waals surface area (Å²) in [6, 6.07) is 17.5. The van der Waals surface area contributed by atoms with Crippen molar-refractivity contribution in [3.05, 3.63) is 88.8 Å². The second-order valence-corrected chi connectivity index (χ2v) is 12.8. The number of thiazole rings is 1. The number of hydrogen-bond acceptors (Lipinski definition) is 6. The number of H-pyrrole nitrogens is 1. The molecule has 42 heavy (non-hydrogen) atoms. The lowest BCUT2D eigenvalue weighted by Gasteiger charge is -2.28. The van der Waals surface area contributed by atoms with E-state index in [1.165, 1.54) is 11.3 Å². The van der Waals surface area contributed by atoms with Gasteiger partial charge in [0.1, 0.15) is 10.7 Å². The number of hydrogen-bond donors (Lipinski definition) is 2. The van der Waals surface area contributed by atoms with E-state index in [2.05, 4.69) is 27.1 Å². The number of aryl methyl sites for hydroxylation is 2. The maximum Gasteiger partial charge on any atom is 0.337 e. The molecule has 0 bridgehead atoms. The highest BCUT2D eigenvalue weighted by atomic mass is 35.5. The minimum atomic E-state index is -1.17. The molecular formula is C33H29ClN4O3S. The number of carboxylic acids is 1. The monoisotopic (exact) mass is 596 g/mol. The van der Waals surface area contributed by atoms with Gasteiger partial charge in [0.05, 0.1) is 21.5 Å². The van der Waals surface area contributed by atoms with Crippen molar-refractivity contribution in [1.29, 1.82) is 0 Å². The zero-order valence-electron chi connectivity index (χ0n) is 23.8. The molecule has 0 radical (unpaired) electrons. The van der Waals surface area contributed by atoms with Crippen molar-refractivity contribution >= 4 is 50.2 Å². The summed E-state index contributed by atoms with van der Waals surface area (Å²) in [5.74, 6) is -1.05. The van der Waals surface area contributed by atoms with E-state index in [0.717, 1.165) is 65.5 Å². The van der Waals surface area contributed by atoms with Gasteiger partial charge < -0.3 is 14.8 Å². The number of ether oxygens (including phenoxy) is 1. The Hall–Kier alpha value is -4.11. The lowest BCUT2D eigenvalue weighted by atomic mass is 9.91. The standard InChI is InChI=1S/C33H29ClN4O3S/c1-17-12-25-29(27(19-6-8-23(34)9-7-19)26(17)28(32(39)40)41-33(3,4)5)42-31(38-25)20-10-11-35-24(15-20)22-14-21-13-18(2)37-30(21)36-16-22/h6-16,28H,1-5H3,(H,36,37)(H,39,40)/t28-/m0/s1. The van der Waals surface area contributed by atoms with Crippen LogP contribution in [0.3, 0.4) is 0 Å². The molecule has 0 saturated carbocycles. The van der Waals surface area contributed by atoms with Crippen molar-refractivity contribution in [2.75, 3.05) is 0 Å². The zero-order chi connectivity index (χ0) is 29.8. The molecule has 0 spiro atoms. The predicted octanol–water partition coefficient (Wildman–Crippen LogP) is 8.78. The third-order valence-corrected chi connectivity index (χ3v) is 8.32. The van der Waals surface area contributed by atoms with Crippen molar-refractivity contribution < 1.29 is 14.6 Å². The molecule has 0 fully saturated rings. The SMILES string of the molecule is Cc1cc2cc(-c3cc(-c4nc5cc(C)c([C@H](OC(C)(C)C)C(=O)O)c(-c6ccc(Cl)cc6)c5s4)ccn3)cnc2[nH]1. The smallest absolute Gasteiger partial charge is 0.337 e. The van der Waals surface area contributed by atoms with Crippen LogP contribution < -0.4 is 0 Å². The van der Waals surface area contributed by atoms with Crippen LogP contribution in [-0.4, -0.2) is 36.6 Å². The molecule has 0 saturated heterocycles. The molecule has 0 unspecified atom stereocenters. The number of halogens is 1. The Balaban J connectivity index is 1.53. The van der Waals surface area contributed by atoms with Crippen molar-refractivity contribution in [1.82, 2.24) is 19.9 Å². The fraction of sp³-hybridized carbons (Fsp3) is 0.212. The van der Waals surface area contributed by atoms with Gasteiger partial charge in [0.15, 0.2) is 6.10 Å². The van der Waals surface area contributed by atoms with Gasteiger partial charge in [-0.1, -0.05) is 23.7 Å². The molecule has 7 nitrogen and oxygen atoms in total. The van der Waals surface area contributed by atoms with Crippen LogP contribution in [0.4, 0.5) is 0 Å². The maximum atomic E-state index is 12.6. The lowest BCUT2D eigenvalue weighted by molar-refractivity contribution is -0.160. The largest absolute Gasteiger partial charge is 0.479 e. The second-order valence-electron chi connectivity index (χ2n) is 11.3. The first kappa shape index (κ1) is 28.0. The third kappa shape index (κ3) is 5.41. The van der Waals surface area contributed by atoms with Crippen LogP contribution in [-0.2, 0) is 9.53 Å². The lowest BCUT2D eigenvalue weighted by Crippen LogP contribution is -2.28. The Morgan fingerprint density at radius 1 is 1.00 bits per heavy atom. The molecule has 4 aromatic heterocycles. The minimum absolute atomic E-state index is 0.599. The van der Waals surface area contributed by atoms with Crippen molar-refractivity contribution in [2.45, 2.75) is 46.3 Å². The van der Waals surface area contributed by atoms with Crippen molar-refractivity contribution in [3.8, 4) is 33.0 Å². The minimum Gasteiger partial charge on any atom is -0.479 e. The molecule has 6 aromatic rings. The highest BCUT2D eigenvalue weighted by Gasteiger charge is 2.32. The predicted molar refractivity (Wildman–Crippen MR) is 169 cm³/mol. The summed E-state index contributed by atoms with van der Waals surface area (Å²) in [5.41, 5.74) is 7.64. The van der Waals surface area contributed by atoms with Gasteiger partial charge in [0.2, 0.25) is 0 Å². The summed E-state index contributed by atoms with van der Waals surface area (Å²) in [5, 5.41) is 12.7. The van der Waals surface area contributed by atoms with Crippen LogP contribution in [0.2, 0.25) is 5.02 Å². The number of aliphatic carboxylic acids is 1. The van der Waals surface area contributed by atoms with E-state index in [1.807, 2.05) is 83.3 Å². The number of carboxylic acid groups (broad SMARTS) is 1. The van der Waals surface area contributed by atoms with E-state index in [9.17, 15) is 9.90 Å². The normalized spacial score (nSPS) is 12.7. The molecule has 212 valence electrons. The molecule has 2 aromatic carbocycles. The van der Waals surface area contributed by atoms with Gasteiger partial charge in [0, 0.05) is 50.8 Å². The molecule has 0 aliphatic rings. The maximum absolute atomic E-state index is 12.6. The van der Waals surface area contributed by atoms with E-state index in [-0.39, 0.29) is 0 Å². The van der Waals surface area contributed by atoms with Gasteiger partial charge in [-0.15, -0.1) is 11.3 Å². The van der Waals surface area contributed by atoms with Crippen LogP contribution in [0.5, 0.6) is 0 Å². The Labute approximate surface area is 252 Å². The van der Waals surface area contributed by atoms with Crippen LogP contribution in [0.25, 0.3) is 54.2 Å². The van der Waals surface area contributed by atoms with Gasteiger partial charge in [-0.3, -0.25) is 4.98 Å². The molecule has 2 N–H and O–H groups in total. The van der Waals surface area contributed by atoms with Gasteiger partial charge in [-0.05, 0) is 88.2 Å². The van der Waals surface area contributed by atoms with E-state index in [4.69, 9.17) is 21.3 Å². The molecule has 0 aliphatic carbocycles. The summed E-state index contributed by atoms with van der Waals surface area (Å²) >= 11 is 7.75. The molecule has 0 aliphatic heterocycles. The molecule has 1 atom stereocenters. The summed E-state index contributed by atoms with van der Waals surface area (Å²) < 4.78 is 7.01. The van der Waals surface area contributed by atoms with E-state index in [0.29, 0.717) is 10.6 Å². The highest BCUT2D eigenvalue weighted by molar-refractivity contribution is 7.22. The number of nitrogens with one attached hydrogen (secondary N) is 1. The number of pyridine rings is 2. The third-order valence-electron chi connectivity index (χ3n) is 6.93. The number of fused-ring (bicyclic) bond motifs is 2. The number of carbonyl (C=O) groups is 1. The first-order valence-electron chi connectivity index (χ1n) is 13.5. The number of rotatable bonds is 6. The molecule has 4 heterocycles. The van der Waals surface area contributed by atoms with Crippen LogP contribution >= 0.6 is 22.9 Å². The molecule has 0 amide bonds. The van der Waals surface area contributed by atoms with Crippen LogP contribution in [0, 0.1) is 13.8 Å².